The van der Waals surface area contributed by atoms with E-state index in [0.717, 1.165) is 17.7 Å². The van der Waals surface area contributed by atoms with Gasteiger partial charge in [-0.1, -0.05) is 6.92 Å². The van der Waals surface area contributed by atoms with Gasteiger partial charge in [0.2, 0.25) is 0 Å². The van der Waals surface area contributed by atoms with Gasteiger partial charge >= 0.3 is 0 Å². The van der Waals surface area contributed by atoms with Crippen LogP contribution in [0.25, 0.3) is 0 Å². The van der Waals surface area contributed by atoms with Gasteiger partial charge in [-0.15, -0.1) is 0 Å². The molecule has 0 aliphatic rings. The number of benzene rings is 1. The number of nitrogen functional groups attached to an aromatic ring is 1. The van der Waals surface area contributed by atoms with Crippen LogP contribution < -0.4 is 11.3 Å². The highest BCUT2D eigenvalue weighted by Gasteiger charge is 1.98. The largest absolute Gasteiger partial charge is 0.508 e. The fourth-order valence-corrected chi connectivity index (χ4v) is 1.01. The maximum absolute atomic E-state index is 9.10. The number of rotatable bonds is 2. The van der Waals surface area contributed by atoms with Crippen LogP contribution in [0.15, 0.2) is 18.2 Å². The molecule has 0 spiro atoms. The van der Waals surface area contributed by atoms with E-state index in [0.29, 0.717) is 0 Å². The molecule has 0 aromatic heterocycles. The van der Waals surface area contributed by atoms with Crippen LogP contribution in [0.3, 0.4) is 0 Å². The van der Waals surface area contributed by atoms with Crippen molar-refractivity contribution in [2.45, 2.75) is 13.3 Å². The summed E-state index contributed by atoms with van der Waals surface area (Å²) in [5.74, 6) is 5.52. The molecule has 0 saturated carbocycles. The van der Waals surface area contributed by atoms with Gasteiger partial charge in [-0.05, 0) is 30.2 Å². The first-order chi connectivity index (χ1) is 5.27. The molecule has 0 bridgehead atoms. The fourth-order valence-electron chi connectivity index (χ4n) is 1.01. The molecule has 11 heavy (non-hydrogen) atoms. The molecule has 0 saturated heterocycles. The number of aromatic hydroxyl groups is 1. The van der Waals surface area contributed by atoms with Gasteiger partial charge in [0.15, 0.2) is 0 Å². The van der Waals surface area contributed by atoms with Gasteiger partial charge in [0.25, 0.3) is 0 Å². The summed E-state index contributed by atoms with van der Waals surface area (Å²) in [6, 6.07) is 5.07. The third-order valence-corrected chi connectivity index (χ3v) is 1.63. The summed E-state index contributed by atoms with van der Waals surface area (Å²) in [7, 11) is 0. The molecule has 0 fully saturated rings. The Bertz CT molecular complexity index is 248. The number of nitrogens with two attached hydrogens (primary N) is 1. The molecule has 0 aliphatic carbocycles. The van der Waals surface area contributed by atoms with Crippen molar-refractivity contribution in [3.63, 3.8) is 0 Å². The molecule has 0 amide bonds. The van der Waals surface area contributed by atoms with Gasteiger partial charge in [0.1, 0.15) is 5.75 Å². The summed E-state index contributed by atoms with van der Waals surface area (Å²) < 4.78 is 0. The van der Waals surface area contributed by atoms with E-state index in [4.69, 9.17) is 10.9 Å². The summed E-state index contributed by atoms with van der Waals surface area (Å²) in [5, 5.41) is 9.10. The SMILES string of the molecule is CCc1cc(O)ccc1NN. The highest BCUT2D eigenvalue weighted by Crippen LogP contribution is 2.20. The summed E-state index contributed by atoms with van der Waals surface area (Å²) >= 11 is 0. The number of anilines is 1. The van der Waals surface area contributed by atoms with Crippen molar-refractivity contribution in [3.8, 4) is 5.75 Å². The normalized spacial score (nSPS) is 9.64. The first kappa shape index (κ1) is 7.88. The molecular weight excluding hydrogens is 140 g/mol. The van der Waals surface area contributed by atoms with Crippen LogP contribution in [-0.4, -0.2) is 5.11 Å². The minimum absolute atomic E-state index is 0.279. The van der Waals surface area contributed by atoms with E-state index in [9.17, 15) is 0 Å². The Labute approximate surface area is 65.8 Å². The molecule has 0 heterocycles. The van der Waals surface area contributed by atoms with Gasteiger partial charge in [-0.2, -0.15) is 0 Å². The monoisotopic (exact) mass is 152 g/mol. The van der Waals surface area contributed by atoms with Crippen LogP contribution in [0.5, 0.6) is 5.75 Å². The van der Waals surface area contributed by atoms with E-state index >= 15 is 0 Å². The summed E-state index contributed by atoms with van der Waals surface area (Å²) in [5.41, 5.74) is 4.45. The third kappa shape index (κ3) is 1.62. The number of nitrogens with one attached hydrogen (secondary N) is 1. The highest BCUT2D eigenvalue weighted by atomic mass is 16.3. The zero-order chi connectivity index (χ0) is 8.27. The van der Waals surface area contributed by atoms with Crippen molar-refractivity contribution in [1.29, 1.82) is 0 Å². The smallest absolute Gasteiger partial charge is 0.116 e. The van der Waals surface area contributed by atoms with Crippen LogP contribution >= 0.6 is 0 Å². The van der Waals surface area contributed by atoms with E-state index in [2.05, 4.69) is 5.43 Å². The summed E-state index contributed by atoms with van der Waals surface area (Å²) in [4.78, 5) is 0. The molecule has 4 N–H and O–H groups in total. The maximum atomic E-state index is 9.10. The minimum Gasteiger partial charge on any atom is -0.508 e. The lowest BCUT2D eigenvalue weighted by Gasteiger charge is -2.06. The highest BCUT2D eigenvalue weighted by molar-refractivity contribution is 5.53. The van der Waals surface area contributed by atoms with Gasteiger partial charge in [0.05, 0.1) is 5.69 Å². The Morgan fingerprint density at radius 1 is 1.55 bits per heavy atom. The maximum Gasteiger partial charge on any atom is 0.116 e. The molecule has 60 valence electrons. The van der Waals surface area contributed by atoms with Gasteiger partial charge in [-0.25, -0.2) is 0 Å². The standard InChI is InChI=1S/C8H12N2O/c1-2-6-5-7(11)3-4-8(6)10-9/h3-5,10-11H,2,9H2,1H3. The van der Waals surface area contributed by atoms with Crippen LogP contribution in [-0.2, 0) is 6.42 Å². The van der Waals surface area contributed by atoms with E-state index < -0.39 is 0 Å². The van der Waals surface area contributed by atoms with Crippen molar-refractivity contribution in [2.75, 3.05) is 5.43 Å². The van der Waals surface area contributed by atoms with Gasteiger partial charge in [-0.3, -0.25) is 5.84 Å². The Morgan fingerprint density at radius 2 is 2.27 bits per heavy atom. The predicted molar refractivity (Wildman–Crippen MR) is 45.3 cm³/mol. The second kappa shape index (κ2) is 3.25. The van der Waals surface area contributed by atoms with Gasteiger partial charge in [0, 0.05) is 0 Å². The van der Waals surface area contributed by atoms with E-state index in [-0.39, 0.29) is 5.75 Å². The molecule has 0 atom stereocenters. The number of hydrogen-bond donors (Lipinski definition) is 3. The molecule has 0 unspecified atom stereocenters. The lowest BCUT2D eigenvalue weighted by molar-refractivity contribution is 0.474. The Kier molecular flexibility index (Phi) is 2.33. The van der Waals surface area contributed by atoms with Crippen molar-refractivity contribution in [3.05, 3.63) is 23.8 Å². The fraction of sp³-hybridized carbons (Fsp3) is 0.250. The predicted octanol–water partition coefficient (Wildman–Crippen LogP) is 1.24. The summed E-state index contributed by atoms with van der Waals surface area (Å²) in [6.07, 6.45) is 0.855. The molecular formula is C8H12N2O. The van der Waals surface area contributed by atoms with Crippen molar-refractivity contribution in [2.24, 2.45) is 5.84 Å². The average molecular weight is 152 g/mol. The molecule has 1 aromatic rings. The Balaban J connectivity index is 3.06. The van der Waals surface area contributed by atoms with Crippen LogP contribution in [0.4, 0.5) is 5.69 Å². The lowest BCUT2D eigenvalue weighted by atomic mass is 10.1. The second-order valence-corrected chi connectivity index (χ2v) is 2.34. The van der Waals surface area contributed by atoms with E-state index in [1.807, 2.05) is 6.92 Å². The zero-order valence-electron chi connectivity index (χ0n) is 6.46. The number of hydrazine groups is 1. The number of hydrogen-bond acceptors (Lipinski definition) is 3. The first-order valence-corrected chi connectivity index (χ1v) is 3.56. The molecule has 0 radical (unpaired) electrons. The number of phenols is 1. The molecule has 1 aromatic carbocycles. The van der Waals surface area contributed by atoms with Crippen LogP contribution in [0.2, 0.25) is 0 Å². The second-order valence-electron chi connectivity index (χ2n) is 2.34. The lowest BCUT2D eigenvalue weighted by Crippen LogP contribution is -2.08. The quantitative estimate of drug-likeness (QED) is 0.339. The van der Waals surface area contributed by atoms with Gasteiger partial charge < -0.3 is 10.5 Å². The molecule has 1 rings (SSSR count). The molecule has 0 aliphatic heterocycles. The first-order valence-electron chi connectivity index (χ1n) is 3.56. The Morgan fingerprint density at radius 3 is 2.82 bits per heavy atom. The zero-order valence-corrected chi connectivity index (χ0v) is 6.46. The number of phenolic OH excluding ortho intramolecular Hbond substituents is 1. The number of aryl methyl sites for hydroxylation is 1. The van der Waals surface area contributed by atoms with Crippen molar-refractivity contribution >= 4 is 5.69 Å². The average Bonchev–Trinajstić information content (AvgIpc) is 2.04. The Hall–Kier alpha value is -1.22. The summed E-state index contributed by atoms with van der Waals surface area (Å²) in [6.45, 7) is 2.01. The van der Waals surface area contributed by atoms with E-state index in [1.165, 1.54) is 0 Å². The van der Waals surface area contributed by atoms with E-state index in [1.54, 1.807) is 18.2 Å². The van der Waals surface area contributed by atoms with Crippen molar-refractivity contribution < 1.29 is 5.11 Å². The molecule has 3 heteroatoms. The molecule has 3 nitrogen and oxygen atoms in total. The van der Waals surface area contributed by atoms with Crippen molar-refractivity contribution in [1.82, 2.24) is 0 Å². The minimum atomic E-state index is 0.279. The van der Waals surface area contributed by atoms with Crippen LogP contribution in [0.1, 0.15) is 12.5 Å². The van der Waals surface area contributed by atoms with Crippen LogP contribution in [0, 0.1) is 0 Å². The third-order valence-electron chi connectivity index (χ3n) is 1.63. The topological polar surface area (TPSA) is 58.3 Å².